The molecule has 0 saturated heterocycles. The fraction of sp³-hybridized carbons (Fsp3) is 0.208. The smallest absolute Gasteiger partial charge is 0.255 e. The Hall–Kier alpha value is -3.58. The van der Waals surface area contributed by atoms with E-state index in [-0.39, 0.29) is 5.91 Å². The van der Waals surface area contributed by atoms with Crippen molar-refractivity contribution in [3.8, 4) is 5.75 Å². The number of hydrogen-bond donors (Lipinski definition) is 1. The van der Waals surface area contributed by atoms with Gasteiger partial charge in [-0.1, -0.05) is 29.8 Å². The monoisotopic (exact) mass is 449 g/mol. The third kappa shape index (κ3) is 5.36. The Morgan fingerprint density at radius 1 is 1.06 bits per heavy atom. The first-order valence-corrected chi connectivity index (χ1v) is 10.7. The summed E-state index contributed by atoms with van der Waals surface area (Å²) in [6.45, 7) is 5.74. The molecule has 8 heteroatoms. The molecule has 1 amide bonds. The Morgan fingerprint density at radius 3 is 2.72 bits per heavy atom. The van der Waals surface area contributed by atoms with Gasteiger partial charge in [0.15, 0.2) is 0 Å². The van der Waals surface area contributed by atoms with Crippen molar-refractivity contribution in [2.45, 2.75) is 33.5 Å². The highest BCUT2D eigenvalue weighted by Gasteiger charge is 2.10. The number of ether oxygens (including phenoxy) is 1. The predicted molar refractivity (Wildman–Crippen MR) is 124 cm³/mol. The number of nitrogens with one attached hydrogen (secondary N) is 1. The quantitative estimate of drug-likeness (QED) is 0.413. The standard InChI is InChI=1S/C24H24ClN5O2/c1-3-29-13-19(11-26-29)14-30-15-21(12-27-30)28-24(31)20-6-4-5-18(10-20)16-32-23-9-17(2)7-8-22(23)25/h4-13,15H,3,14,16H2,1-2H3,(H,28,31). The van der Waals surface area contributed by atoms with Gasteiger partial charge in [-0.25, -0.2) is 0 Å². The van der Waals surface area contributed by atoms with E-state index in [1.165, 1.54) is 0 Å². The van der Waals surface area contributed by atoms with Gasteiger partial charge >= 0.3 is 0 Å². The fourth-order valence-corrected chi connectivity index (χ4v) is 3.42. The lowest BCUT2D eigenvalue weighted by Crippen LogP contribution is -2.12. The van der Waals surface area contributed by atoms with Crippen LogP contribution in [0.5, 0.6) is 5.75 Å². The van der Waals surface area contributed by atoms with Crippen molar-refractivity contribution in [3.05, 3.63) is 94.5 Å². The van der Waals surface area contributed by atoms with Crippen LogP contribution in [0.3, 0.4) is 0 Å². The predicted octanol–water partition coefficient (Wildman–Crippen LogP) is 4.94. The number of benzene rings is 2. The lowest BCUT2D eigenvalue weighted by molar-refractivity contribution is 0.102. The molecule has 0 fully saturated rings. The lowest BCUT2D eigenvalue weighted by atomic mass is 10.1. The van der Waals surface area contributed by atoms with Crippen LogP contribution >= 0.6 is 11.6 Å². The van der Waals surface area contributed by atoms with Crippen molar-refractivity contribution < 1.29 is 9.53 Å². The summed E-state index contributed by atoms with van der Waals surface area (Å²) in [6.07, 6.45) is 7.24. The first kappa shape index (κ1) is 21.6. The highest BCUT2D eigenvalue weighted by Crippen LogP contribution is 2.26. The number of carbonyl (C=O) groups excluding carboxylic acids is 1. The molecular formula is C24H24ClN5O2. The Morgan fingerprint density at radius 2 is 1.91 bits per heavy atom. The van der Waals surface area contributed by atoms with E-state index >= 15 is 0 Å². The van der Waals surface area contributed by atoms with Crippen molar-refractivity contribution >= 4 is 23.2 Å². The van der Waals surface area contributed by atoms with Crippen LogP contribution < -0.4 is 10.1 Å². The van der Waals surface area contributed by atoms with Gasteiger partial charge in [0.2, 0.25) is 0 Å². The van der Waals surface area contributed by atoms with Gasteiger partial charge in [0, 0.05) is 30.1 Å². The molecule has 0 atom stereocenters. The molecule has 0 aliphatic carbocycles. The van der Waals surface area contributed by atoms with E-state index in [9.17, 15) is 4.79 Å². The number of anilines is 1. The molecule has 0 aliphatic rings. The summed E-state index contributed by atoms with van der Waals surface area (Å²) in [5.74, 6) is 0.414. The summed E-state index contributed by atoms with van der Waals surface area (Å²) in [4.78, 5) is 12.7. The van der Waals surface area contributed by atoms with Gasteiger partial charge < -0.3 is 10.1 Å². The average molecular weight is 450 g/mol. The Bertz CT molecular complexity index is 1230. The topological polar surface area (TPSA) is 74.0 Å². The van der Waals surface area contributed by atoms with E-state index in [0.29, 0.717) is 35.2 Å². The van der Waals surface area contributed by atoms with Crippen LogP contribution in [0.2, 0.25) is 5.02 Å². The largest absolute Gasteiger partial charge is 0.487 e. The van der Waals surface area contributed by atoms with Crippen molar-refractivity contribution in [2.24, 2.45) is 0 Å². The first-order chi connectivity index (χ1) is 15.5. The molecular weight excluding hydrogens is 426 g/mol. The van der Waals surface area contributed by atoms with Crippen molar-refractivity contribution in [1.29, 1.82) is 0 Å². The molecule has 4 rings (SSSR count). The van der Waals surface area contributed by atoms with Gasteiger partial charge in [0.25, 0.3) is 5.91 Å². The second-order valence-electron chi connectivity index (χ2n) is 7.51. The molecule has 2 aromatic heterocycles. The van der Waals surface area contributed by atoms with Crippen molar-refractivity contribution in [2.75, 3.05) is 5.32 Å². The molecule has 4 aromatic rings. The fourth-order valence-electron chi connectivity index (χ4n) is 3.25. The summed E-state index contributed by atoms with van der Waals surface area (Å²) in [5.41, 5.74) is 4.16. The number of nitrogens with zero attached hydrogens (tertiary/aromatic N) is 4. The molecule has 164 valence electrons. The van der Waals surface area contributed by atoms with Gasteiger partial charge in [-0.2, -0.15) is 10.2 Å². The molecule has 0 aliphatic heterocycles. The molecule has 7 nitrogen and oxygen atoms in total. The van der Waals surface area contributed by atoms with Crippen LogP contribution in [-0.2, 0) is 19.7 Å². The molecule has 0 spiro atoms. The Labute approximate surface area is 191 Å². The minimum Gasteiger partial charge on any atom is -0.487 e. The molecule has 0 bridgehead atoms. The van der Waals surface area contributed by atoms with Crippen LogP contribution in [-0.4, -0.2) is 25.5 Å². The van der Waals surface area contributed by atoms with E-state index < -0.39 is 0 Å². The molecule has 0 saturated carbocycles. The number of halogens is 1. The van der Waals surface area contributed by atoms with E-state index in [2.05, 4.69) is 15.5 Å². The molecule has 1 N–H and O–H groups in total. The normalized spacial score (nSPS) is 10.8. The van der Waals surface area contributed by atoms with Crippen LogP contribution in [0.4, 0.5) is 5.69 Å². The van der Waals surface area contributed by atoms with E-state index in [1.807, 2.05) is 67.3 Å². The maximum Gasteiger partial charge on any atom is 0.255 e. The zero-order valence-corrected chi connectivity index (χ0v) is 18.7. The summed E-state index contributed by atoms with van der Waals surface area (Å²) >= 11 is 6.19. The second-order valence-corrected chi connectivity index (χ2v) is 7.92. The van der Waals surface area contributed by atoms with E-state index in [0.717, 1.165) is 23.2 Å². The Balaban J connectivity index is 1.37. The van der Waals surface area contributed by atoms with E-state index in [4.69, 9.17) is 16.3 Å². The van der Waals surface area contributed by atoms with Crippen LogP contribution in [0.1, 0.15) is 34.0 Å². The summed E-state index contributed by atoms with van der Waals surface area (Å²) in [7, 11) is 0. The third-order valence-corrected chi connectivity index (χ3v) is 5.23. The van der Waals surface area contributed by atoms with Crippen molar-refractivity contribution in [1.82, 2.24) is 19.6 Å². The Kier molecular flexibility index (Phi) is 6.56. The third-order valence-electron chi connectivity index (χ3n) is 4.92. The summed E-state index contributed by atoms with van der Waals surface area (Å²) in [5, 5.41) is 12.0. The highest BCUT2D eigenvalue weighted by atomic mass is 35.5. The van der Waals surface area contributed by atoms with Crippen molar-refractivity contribution in [3.63, 3.8) is 0 Å². The van der Waals surface area contributed by atoms with Gasteiger partial charge in [0.1, 0.15) is 12.4 Å². The number of carbonyl (C=O) groups is 1. The van der Waals surface area contributed by atoms with Gasteiger partial charge in [0.05, 0.1) is 29.6 Å². The number of amides is 1. The minimum atomic E-state index is -0.209. The number of hydrogen-bond acceptors (Lipinski definition) is 4. The zero-order chi connectivity index (χ0) is 22.5. The maximum atomic E-state index is 12.7. The SMILES string of the molecule is CCn1cc(Cn2cc(NC(=O)c3cccc(COc4cc(C)ccc4Cl)c3)cn2)cn1. The second kappa shape index (κ2) is 9.70. The molecule has 2 aromatic carbocycles. The molecule has 2 heterocycles. The zero-order valence-electron chi connectivity index (χ0n) is 18.0. The van der Waals surface area contributed by atoms with Crippen LogP contribution in [0, 0.1) is 6.92 Å². The summed E-state index contributed by atoms with van der Waals surface area (Å²) in [6, 6.07) is 13.0. The first-order valence-electron chi connectivity index (χ1n) is 10.3. The van der Waals surface area contributed by atoms with Crippen LogP contribution in [0.25, 0.3) is 0 Å². The number of rotatable bonds is 8. The molecule has 0 radical (unpaired) electrons. The molecule has 0 unspecified atom stereocenters. The van der Waals surface area contributed by atoms with Gasteiger partial charge in [-0.05, 0) is 49.2 Å². The average Bonchev–Trinajstić information content (AvgIpc) is 3.44. The number of aromatic nitrogens is 4. The summed E-state index contributed by atoms with van der Waals surface area (Å²) < 4.78 is 9.48. The molecule has 32 heavy (non-hydrogen) atoms. The minimum absolute atomic E-state index is 0.209. The van der Waals surface area contributed by atoms with E-state index in [1.54, 1.807) is 23.1 Å². The van der Waals surface area contributed by atoms with Gasteiger partial charge in [-0.3, -0.25) is 14.2 Å². The number of aryl methyl sites for hydroxylation is 2. The lowest BCUT2D eigenvalue weighted by Gasteiger charge is -2.10. The maximum absolute atomic E-state index is 12.7. The van der Waals surface area contributed by atoms with Crippen LogP contribution in [0.15, 0.2) is 67.3 Å². The highest BCUT2D eigenvalue weighted by molar-refractivity contribution is 6.32. The van der Waals surface area contributed by atoms with Gasteiger partial charge in [-0.15, -0.1) is 0 Å².